The molecule has 2 rings (SSSR count). The van der Waals surface area contributed by atoms with Crippen molar-refractivity contribution in [3.8, 4) is 0 Å². The van der Waals surface area contributed by atoms with Crippen LogP contribution in [0.15, 0.2) is 30.3 Å². The molecular weight excluding hydrogens is 255 g/mol. The van der Waals surface area contributed by atoms with E-state index in [1.54, 1.807) is 7.05 Å². The molecule has 1 saturated heterocycles. The molecular formula is C15H22N2OP+. The zero-order valence-electron chi connectivity index (χ0n) is 11.7. The highest BCUT2D eigenvalue weighted by Crippen LogP contribution is 2.34. The Kier molecular flexibility index (Phi) is 4.73. The topological polar surface area (TPSA) is 32.3 Å². The van der Waals surface area contributed by atoms with Crippen LogP contribution in [0.3, 0.4) is 0 Å². The first-order chi connectivity index (χ1) is 9.11. The van der Waals surface area contributed by atoms with Crippen LogP contribution >= 0.6 is 7.55 Å². The summed E-state index contributed by atoms with van der Waals surface area (Å²) >= 11 is 0. The minimum Gasteiger partial charge on any atom is -0.359 e. The molecule has 0 spiro atoms. The van der Waals surface area contributed by atoms with Gasteiger partial charge in [0.1, 0.15) is 0 Å². The van der Waals surface area contributed by atoms with Crippen LogP contribution in [-0.4, -0.2) is 50.2 Å². The molecule has 0 aromatic heterocycles. The molecule has 1 fully saturated rings. The van der Waals surface area contributed by atoms with E-state index in [1.807, 2.05) is 18.2 Å². The van der Waals surface area contributed by atoms with Gasteiger partial charge in [0.05, 0.1) is 26.4 Å². The van der Waals surface area contributed by atoms with Gasteiger partial charge in [0, 0.05) is 26.1 Å². The minimum absolute atomic E-state index is 0.0577. The zero-order valence-corrected chi connectivity index (χ0v) is 12.6. The second-order valence-corrected chi connectivity index (χ2v) is 7.27. The summed E-state index contributed by atoms with van der Waals surface area (Å²) in [7, 11) is 1.53. The first-order valence-corrected chi connectivity index (χ1v) is 8.78. The van der Waals surface area contributed by atoms with E-state index in [4.69, 9.17) is 0 Å². The second kappa shape index (κ2) is 6.31. The zero-order chi connectivity index (χ0) is 13.8. The van der Waals surface area contributed by atoms with Crippen molar-refractivity contribution in [2.24, 2.45) is 5.92 Å². The number of hydrogen-bond donors (Lipinski definition) is 1. The summed E-state index contributed by atoms with van der Waals surface area (Å²) in [5.41, 5.74) is 1.27. The third-order valence-corrected chi connectivity index (χ3v) is 4.53. The van der Waals surface area contributed by atoms with Crippen molar-refractivity contribution >= 4 is 19.8 Å². The largest absolute Gasteiger partial charge is 0.359 e. The van der Waals surface area contributed by atoms with Gasteiger partial charge >= 0.3 is 0 Å². The number of hydrogen-bond acceptors (Lipinski definition) is 2. The lowest BCUT2D eigenvalue weighted by Crippen LogP contribution is -2.32. The van der Waals surface area contributed by atoms with E-state index in [1.165, 1.54) is 5.56 Å². The van der Waals surface area contributed by atoms with Crippen molar-refractivity contribution in [3.05, 3.63) is 35.9 Å². The van der Waals surface area contributed by atoms with E-state index in [0.29, 0.717) is 5.92 Å². The maximum atomic E-state index is 12.1. The Labute approximate surface area is 116 Å². The van der Waals surface area contributed by atoms with Gasteiger partial charge in [-0.2, -0.15) is 0 Å². The van der Waals surface area contributed by atoms with Crippen LogP contribution in [0, 0.1) is 5.92 Å². The summed E-state index contributed by atoms with van der Waals surface area (Å²) in [5.74, 6) is 0.513. The lowest BCUT2D eigenvalue weighted by Gasteiger charge is -2.17. The van der Waals surface area contributed by atoms with Crippen molar-refractivity contribution in [2.45, 2.75) is 5.92 Å². The Morgan fingerprint density at radius 3 is 2.68 bits per heavy atom. The van der Waals surface area contributed by atoms with E-state index in [-0.39, 0.29) is 19.4 Å². The normalized spacial score (nSPS) is 24.2. The smallest absolute Gasteiger partial charge is 0.224 e. The van der Waals surface area contributed by atoms with Gasteiger partial charge in [-0.25, -0.2) is 0 Å². The summed E-state index contributed by atoms with van der Waals surface area (Å²) in [6.07, 6.45) is 5.13. The molecule has 4 heteroatoms. The van der Waals surface area contributed by atoms with Crippen LogP contribution in [0.1, 0.15) is 11.5 Å². The number of carbonyl (C=O) groups excluding carboxylic acids is 1. The highest BCUT2D eigenvalue weighted by atomic mass is 31.1. The van der Waals surface area contributed by atoms with E-state index in [0.717, 1.165) is 19.4 Å². The molecule has 0 bridgehead atoms. The Hall–Kier alpha value is -1.18. The average Bonchev–Trinajstić information content (AvgIpc) is 2.82. The van der Waals surface area contributed by atoms with Gasteiger partial charge in [-0.05, 0) is 5.56 Å². The van der Waals surface area contributed by atoms with Crippen molar-refractivity contribution in [1.82, 2.24) is 10.2 Å². The van der Waals surface area contributed by atoms with Gasteiger partial charge in [0.2, 0.25) is 5.91 Å². The number of nitrogens with one attached hydrogen (secondary N) is 1. The number of likely N-dealkylation sites (tertiary alicyclic amines) is 1. The fourth-order valence-corrected chi connectivity index (χ4v) is 3.75. The van der Waals surface area contributed by atoms with Crippen LogP contribution in [0.25, 0.3) is 0 Å². The van der Waals surface area contributed by atoms with E-state index < -0.39 is 0 Å². The van der Waals surface area contributed by atoms with Crippen LogP contribution in [0.5, 0.6) is 0 Å². The summed E-state index contributed by atoms with van der Waals surface area (Å²) < 4.78 is 0. The van der Waals surface area contributed by atoms with E-state index in [9.17, 15) is 4.79 Å². The van der Waals surface area contributed by atoms with Gasteiger partial charge < -0.3 is 5.32 Å². The second-order valence-electron chi connectivity index (χ2n) is 5.27. The predicted molar refractivity (Wildman–Crippen MR) is 83.1 cm³/mol. The van der Waals surface area contributed by atoms with E-state index in [2.05, 4.69) is 35.3 Å². The summed E-state index contributed by atoms with van der Waals surface area (Å²) in [5, 5.41) is 2.80. The van der Waals surface area contributed by atoms with Crippen molar-refractivity contribution in [1.29, 1.82) is 0 Å². The van der Waals surface area contributed by atoms with Crippen molar-refractivity contribution < 1.29 is 4.79 Å². The van der Waals surface area contributed by atoms with Gasteiger partial charge in [-0.15, -0.1) is 0 Å². The highest BCUT2D eigenvalue weighted by molar-refractivity contribution is 7.54. The number of benzene rings is 1. The highest BCUT2D eigenvalue weighted by Gasteiger charge is 2.38. The Balaban J connectivity index is 2.19. The Morgan fingerprint density at radius 1 is 1.42 bits per heavy atom. The molecule has 19 heavy (non-hydrogen) atoms. The molecule has 0 radical (unpaired) electrons. The number of carbonyl (C=O) groups is 1. The lowest BCUT2D eigenvalue weighted by molar-refractivity contribution is -0.124. The third-order valence-electron chi connectivity index (χ3n) is 3.65. The molecule has 3 atom stereocenters. The quantitative estimate of drug-likeness (QED) is 0.853. The van der Waals surface area contributed by atoms with Crippen LogP contribution in [-0.2, 0) is 4.79 Å². The van der Waals surface area contributed by atoms with Crippen molar-refractivity contribution in [3.63, 3.8) is 0 Å². The third kappa shape index (κ3) is 3.43. The molecule has 1 heterocycles. The number of nitrogens with zero attached hydrogens (tertiary/aromatic N) is 1. The Morgan fingerprint density at radius 2 is 2.11 bits per heavy atom. The summed E-state index contributed by atoms with van der Waals surface area (Å²) in [4.78, 5) is 14.5. The maximum absolute atomic E-state index is 12.1. The molecule has 3 nitrogen and oxygen atoms in total. The Bertz CT molecular complexity index is 460. The van der Waals surface area contributed by atoms with Gasteiger partial charge in [0.15, 0.2) is 6.29 Å². The van der Waals surface area contributed by atoms with Gasteiger partial charge in [-0.1, -0.05) is 30.3 Å². The summed E-state index contributed by atoms with van der Waals surface area (Å²) in [6, 6.07) is 10.4. The van der Waals surface area contributed by atoms with E-state index >= 15 is 0 Å². The lowest BCUT2D eigenvalue weighted by atomic mass is 9.88. The summed E-state index contributed by atoms with van der Waals surface area (Å²) in [6.45, 7) is 3.99. The molecule has 1 aliphatic heterocycles. The molecule has 1 aliphatic rings. The molecule has 1 N–H and O–H groups in total. The SMILES string of the molecule is C=[P+](C)CN1CC(C(=O)NC)C(c2ccccc2)C1. The van der Waals surface area contributed by atoms with Crippen LogP contribution < -0.4 is 5.32 Å². The monoisotopic (exact) mass is 277 g/mol. The minimum atomic E-state index is -0.198. The molecule has 0 saturated carbocycles. The standard InChI is InChI=1S/C15H21N2OP/c1-16-15(18)14-10-17(11-19(2)3)9-13(14)12-7-5-4-6-8-12/h4-8,13-14H,2,9-11H2,1,3H3/p+1. The van der Waals surface area contributed by atoms with Crippen LogP contribution in [0.2, 0.25) is 0 Å². The molecule has 0 aliphatic carbocycles. The molecule has 1 aromatic rings. The number of amides is 1. The fraction of sp³-hybridized carbons (Fsp3) is 0.467. The van der Waals surface area contributed by atoms with Crippen LogP contribution in [0.4, 0.5) is 0 Å². The first-order valence-electron chi connectivity index (χ1n) is 6.62. The molecule has 102 valence electrons. The van der Waals surface area contributed by atoms with Gasteiger partial charge in [-0.3, -0.25) is 9.69 Å². The fourth-order valence-electron chi connectivity index (χ4n) is 2.83. The number of rotatable bonds is 4. The average molecular weight is 277 g/mol. The van der Waals surface area contributed by atoms with Gasteiger partial charge in [0.25, 0.3) is 0 Å². The molecule has 3 unspecified atom stereocenters. The maximum Gasteiger partial charge on any atom is 0.224 e. The first kappa shape index (κ1) is 14.2. The predicted octanol–water partition coefficient (Wildman–Crippen LogP) is 1.95. The van der Waals surface area contributed by atoms with Crippen molar-refractivity contribution in [2.75, 3.05) is 33.1 Å². The molecule has 1 aromatic carbocycles. The molecule has 1 amide bonds.